The molecule has 0 aliphatic rings. The fourth-order valence-electron chi connectivity index (χ4n) is 0. The quantitative estimate of drug-likeness (QED) is 0.462. The van der Waals surface area contributed by atoms with Gasteiger partial charge in [-0.05, 0) is 0 Å². The normalized spacial score (nSPS) is 4.75. The van der Waals surface area contributed by atoms with Gasteiger partial charge in [-0.3, -0.25) is 0 Å². The van der Waals surface area contributed by atoms with Gasteiger partial charge in [0.2, 0.25) is 0 Å². The van der Waals surface area contributed by atoms with E-state index in [1.165, 1.54) is 13.6 Å². The zero-order chi connectivity index (χ0) is 7.41. The lowest BCUT2D eigenvalue weighted by atomic mass is 9.79. The lowest BCUT2D eigenvalue weighted by Gasteiger charge is -1.63. The summed E-state index contributed by atoms with van der Waals surface area (Å²) in [6.07, 6.45) is 1.32. The van der Waals surface area contributed by atoms with E-state index in [0.717, 1.165) is 0 Å². The molecule has 0 amide bonds. The van der Waals surface area contributed by atoms with Crippen molar-refractivity contribution in [2.75, 3.05) is 0 Å². The standard InChI is InChI=1S/C3H9B.2C2H6/c1-3-4-2;2*1-2/h4H,3H2,1-2H3;2*1-2H3. The van der Waals surface area contributed by atoms with E-state index in [0.29, 0.717) is 0 Å². The highest BCUT2D eigenvalue weighted by molar-refractivity contribution is 6.33. The smallest absolute Gasteiger partial charge is 0.0893 e. The van der Waals surface area contributed by atoms with Gasteiger partial charge in [-0.15, -0.1) is 0 Å². The van der Waals surface area contributed by atoms with E-state index >= 15 is 0 Å². The lowest BCUT2D eigenvalue weighted by Crippen LogP contribution is -1.67. The highest BCUT2D eigenvalue weighted by Crippen LogP contribution is 1.64. The third kappa shape index (κ3) is 137. The molecule has 52 valence electrons. The highest BCUT2D eigenvalue weighted by Gasteiger charge is 1.61. The molecular weight excluding hydrogens is 94.9 g/mol. The van der Waals surface area contributed by atoms with E-state index in [9.17, 15) is 0 Å². The van der Waals surface area contributed by atoms with Crippen molar-refractivity contribution in [1.29, 1.82) is 0 Å². The first-order valence-electron chi connectivity index (χ1n) is 3.91. The minimum atomic E-state index is 1.32. The molecule has 0 unspecified atom stereocenters. The molecule has 0 atom stereocenters. The third-order valence-electron chi connectivity index (χ3n) is 0.500. The van der Waals surface area contributed by atoms with Crippen LogP contribution in [-0.2, 0) is 0 Å². The zero-order valence-electron chi connectivity index (χ0n) is 7.41. The molecule has 0 saturated heterocycles. The largest absolute Gasteiger partial charge is 0.117 e. The van der Waals surface area contributed by atoms with Crippen molar-refractivity contribution in [3.63, 3.8) is 0 Å². The van der Waals surface area contributed by atoms with Gasteiger partial charge in [0, 0.05) is 0 Å². The summed E-state index contributed by atoms with van der Waals surface area (Å²) in [5.41, 5.74) is 0. The summed E-state index contributed by atoms with van der Waals surface area (Å²) < 4.78 is 0. The summed E-state index contributed by atoms with van der Waals surface area (Å²) in [6, 6.07) is 0. The Hall–Kier alpha value is 0.0649. The molecule has 0 fully saturated rings. The second-order valence-corrected chi connectivity index (χ2v) is 1.000. The minimum absolute atomic E-state index is 1.32. The maximum Gasteiger partial charge on any atom is 0.117 e. The number of hydrogen-bond donors (Lipinski definition) is 0. The predicted molar refractivity (Wildman–Crippen MR) is 46.2 cm³/mol. The Bertz CT molecular complexity index is 6.35. The van der Waals surface area contributed by atoms with Gasteiger partial charge < -0.3 is 0 Å². The minimum Gasteiger partial charge on any atom is -0.0893 e. The molecule has 0 saturated carbocycles. The SMILES string of the molecule is CBCC.CC.CC. The second kappa shape index (κ2) is 60.9. The summed E-state index contributed by atoms with van der Waals surface area (Å²) in [7, 11) is 1.32. The maximum atomic E-state index is 2.18. The molecule has 0 spiro atoms. The summed E-state index contributed by atoms with van der Waals surface area (Å²) in [6.45, 7) is 12.4. The van der Waals surface area contributed by atoms with Crippen molar-refractivity contribution in [3.8, 4) is 0 Å². The first-order chi connectivity index (χ1) is 3.91. The van der Waals surface area contributed by atoms with E-state index < -0.39 is 0 Å². The van der Waals surface area contributed by atoms with Gasteiger partial charge in [-0.25, -0.2) is 0 Å². The van der Waals surface area contributed by atoms with E-state index in [2.05, 4.69) is 13.7 Å². The predicted octanol–water partition coefficient (Wildman–Crippen LogP) is 2.96. The van der Waals surface area contributed by atoms with Crippen molar-refractivity contribution in [2.45, 2.75) is 47.8 Å². The fourth-order valence-corrected chi connectivity index (χ4v) is 0. The van der Waals surface area contributed by atoms with E-state index in [1.807, 2.05) is 27.7 Å². The Balaban J connectivity index is -0.0000000542. The van der Waals surface area contributed by atoms with Crippen molar-refractivity contribution >= 4 is 7.28 Å². The van der Waals surface area contributed by atoms with Crippen molar-refractivity contribution in [3.05, 3.63) is 0 Å². The highest BCUT2D eigenvalue weighted by atomic mass is 13.3. The Morgan fingerprint density at radius 1 is 1.00 bits per heavy atom. The molecule has 8 heavy (non-hydrogen) atoms. The van der Waals surface area contributed by atoms with Gasteiger partial charge >= 0.3 is 0 Å². The molecule has 0 radical (unpaired) electrons. The molecule has 0 rings (SSSR count). The molecule has 0 aromatic carbocycles. The molecule has 0 aliphatic heterocycles. The zero-order valence-corrected chi connectivity index (χ0v) is 7.41. The van der Waals surface area contributed by atoms with Crippen molar-refractivity contribution in [1.82, 2.24) is 0 Å². The Morgan fingerprint density at radius 3 is 1.12 bits per heavy atom. The molecular formula is C7H21B. The van der Waals surface area contributed by atoms with Crippen molar-refractivity contribution in [2.24, 2.45) is 0 Å². The molecule has 0 N–H and O–H groups in total. The average Bonchev–Trinajstić information content (AvgIpc) is 1.96. The Kier molecular flexibility index (Phi) is 120. The summed E-state index contributed by atoms with van der Waals surface area (Å²) in [4.78, 5) is 0. The number of rotatable bonds is 1. The van der Waals surface area contributed by atoms with Crippen LogP contribution in [0.4, 0.5) is 0 Å². The van der Waals surface area contributed by atoms with Crippen LogP contribution >= 0.6 is 0 Å². The Morgan fingerprint density at radius 2 is 1.12 bits per heavy atom. The van der Waals surface area contributed by atoms with E-state index in [4.69, 9.17) is 0 Å². The van der Waals surface area contributed by atoms with Crippen LogP contribution in [0, 0.1) is 0 Å². The van der Waals surface area contributed by atoms with Gasteiger partial charge in [-0.2, -0.15) is 0 Å². The van der Waals surface area contributed by atoms with Crippen LogP contribution < -0.4 is 0 Å². The van der Waals surface area contributed by atoms with Crippen LogP contribution in [0.3, 0.4) is 0 Å². The van der Waals surface area contributed by atoms with Gasteiger partial charge in [-0.1, -0.05) is 47.8 Å². The maximum absolute atomic E-state index is 2.18. The van der Waals surface area contributed by atoms with E-state index in [1.54, 1.807) is 0 Å². The molecule has 0 aromatic rings. The monoisotopic (exact) mass is 116 g/mol. The molecule has 0 nitrogen and oxygen atoms in total. The summed E-state index contributed by atoms with van der Waals surface area (Å²) in [5.74, 6) is 0. The third-order valence-corrected chi connectivity index (χ3v) is 0.500. The molecule has 0 bridgehead atoms. The van der Waals surface area contributed by atoms with Gasteiger partial charge in [0.05, 0.1) is 0 Å². The molecule has 1 heteroatoms. The first kappa shape index (κ1) is 15.7. The number of hydrogen-bond acceptors (Lipinski definition) is 0. The van der Waals surface area contributed by atoms with Gasteiger partial charge in [0.1, 0.15) is 7.28 Å². The summed E-state index contributed by atoms with van der Waals surface area (Å²) in [5, 5.41) is 0. The first-order valence-corrected chi connectivity index (χ1v) is 3.91. The molecule has 0 aromatic heterocycles. The van der Waals surface area contributed by atoms with E-state index in [-0.39, 0.29) is 0 Å². The van der Waals surface area contributed by atoms with Gasteiger partial charge in [0.15, 0.2) is 0 Å². The van der Waals surface area contributed by atoms with Crippen LogP contribution in [0.5, 0.6) is 0 Å². The summed E-state index contributed by atoms with van der Waals surface area (Å²) >= 11 is 0. The average molecular weight is 116 g/mol. The molecule has 0 heterocycles. The van der Waals surface area contributed by atoms with Gasteiger partial charge in [0.25, 0.3) is 0 Å². The van der Waals surface area contributed by atoms with Crippen LogP contribution in [-0.4, -0.2) is 7.28 Å². The second-order valence-electron chi connectivity index (χ2n) is 1.000. The lowest BCUT2D eigenvalue weighted by molar-refractivity contribution is 1.45. The van der Waals surface area contributed by atoms with Crippen LogP contribution in [0.2, 0.25) is 13.1 Å². The Labute approximate surface area is 55.9 Å². The van der Waals surface area contributed by atoms with Crippen LogP contribution in [0.15, 0.2) is 0 Å². The topological polar surface area (TPSA) is 0 Å². The fraction of sp³-hybridized carbons (Fsp3) is 1.00. The molecule has 0 aliphatic carbocycles. The van der Waals surface area contributed by atoms with Crippen molar-refractivity contribution < 1.29 is 0 Å². The van der Waals surface area contributed by atoms with Crippen LogP contribution in [0.25, 0.3) is 0 Å². The van der Waals surface area contributed by atoms with Crippen LogP contribution in [0.1, 0.15) is 34.6 Å².